The fourth-order valence-corrected chi connectivity index (χ4v) is 1.73. The van der Waals surface area contributed by atoms with Crippen LogP contribution in [0, 0.1) is 11.3 Å². The van der Waals surface area contributed by atoms with Gasteiger partial charge in [-0.3, -0.25) is 0 Å². The van der Waals surface area contributed by atoms with Crippen molar-refractivity contribution in [3.63, 3.8) is 0 Å². The molecule has 0 atom stereocenters. The number of nitrogens with zero attached hydrogens (tertiary/aromatic N) is 2. The highest BCUT2D eigenvalue weighted by Crippen LogP contribution is 2.19. The van der Waals surface area contributed by atoms with Gasteiger partial charge >= 0.3 is 0 Å². The predicted octanol–water partition coefficient (Wildman–Crippen LogP) is 2.40. The van der Waals surface area contributed by atoms with E-state index < -0.39 is 0 Å². The van der Waals surface area contributed by atoms with Crippen molar-refractivity contribution in [1.29, 1.82) is 5.26 Å². The van der Waals surface area contributed by atoms with E-state index in [0.717, 1.165) is 16.9 Å². The predicted molar refractivity (Wildman–Crippen MR) is 65.6 cm³/mol. The molecule has 1 N–H and O–H groups in total. The molecule has 0 spiro atoms. The standard InChI is InChI=1S/C13H15N3O/c1-13(2,17-3)7-11-15-10-6-4-5-9(8-14)12(10)16-11/h4-6H,7H2,1-3H3,(H,15,16). The molecule has 0 aliphatic heterocycles. The molecule has 0 aliphatic carbocycles. The fraction of sp³-hybridized carbons (Fsp3) is 0.385. The Hall–Kier alpha value is -1.86. The molecule has 4 heteroatoms. The molecule has 2 rings (SSSR count). The van der Waals surface area contributed by atoms with E-state index in [9.17, 15) is 0 Å². The van der Waals surface area contributed by atoms with E-state index in [1.54, 1.807) is 13.2 Å². The maximum Gasteiger partial charge on any atom is 0.110 e. The SMILES string of the molecule is COC(C)(C)Cc1nc2c(C#N)cccc2[nH]1. The zero-order chi connectivity index (χ0) is 12.5. The van der Waals surface area contributed by atoms with Gasteiger partial charge in [0, 0.05) is 13.5 Å². The molecular formula is C13H15N3O. The Labute approximate surface area is 100 Å². The lowest BCUT2D eigenvalue weighted by atomic mass is 10.1. The number of aromatic nitrogens is 2. The summed E-state index contributed by atoms with van der Waals surface area (Å²) in [6.45, 7) is 4.01. The van der Waals surface area contributed by atoms with Gasteiger partial charge in [0.25, 0.3) is 0 Å². The van der Waals surface area contributed by atoms with Gasteiger partial charge in [-0.05, 0) is 26.0 Å². The van der Waals surface area contributed by atoms with E-state index in [0.29, 0.717) is 12.0 Å². The lowest BCUT2D eigenvalue weighted by Crippen LogP contribution is -2.26. The number of para-hydroxylation sites is 1. The van der Waals surface area contributed by atoms with Crippen molar-refractivity contribution in [2.24, 2.45) is 0 Å². The van der Waals surface area contributed by atoms with Gasteiger partial charge in [0.05, 0.1) is 16.7 Å². The van der Waals surface area contributed by atoms with Crippen LogP contribution < -0.4 is 0 Å². The number of fused-ring (bicyclic) bond motifs is 1. The van der Waals surface area contributed by atoms with Gasteiger partial charge in [-0.25, -0.2) is 4.98 Å². The minimum Gasteiger partial charge on any atom is -0.378 e. The molecule has 0 aliphatic rings. The summed E-state index contributed by atoms with van der Waals surface area (Å²) in [4.78, 5) is 7.68. The number of benzene rings is 1. The molecule has 1 aromatic heterocycles. The smallest absolute Gasteiger partial charge is 0.110 e. The molecule has 0 saturated heterocycles. The van der Waals surface area contributed by atoms with Gasteiger partial charge in [-0.2, -0.15) is 5.26 Å². The Morgan fingerprint density at radius 1 is 1.47 bits per heavy atom. The number of methoxy groups -OCH3 is 1. The molecular weight excluding hydrogens is 214 g/mol. The number of nitriles is 1. The minimum absolute atomic E-state index is 0.263. The number of hydrogen-bond donors (Lipinski definition) is 1. The maximum atomic E-state index is 9.00. The molecule has 0 fully saturated rings. The van der Waals surface area contributed by atoms with E-state index in [1.807, 2.05) is 26.0 Å². The second-order valence-electron chi connectivity index (χ2n) is 4.64. The molecule has 2 aromatic rings. The molecule has 0 amide bonds. The van der Waals surface area contributed by atoms with Crippen LogP contribution in [-0.4, -0.2) is 22.7 Å². The number of hydrogen-bond acceptors (Lipinski definition) is 3. The van der Waals surface area contributed by atoms with Crippen molar-refractivity contribution < 1.29 is 4.74 Å². The molecule has 4 nitrogen and oxygen atoms in total. The molecule has 0 radical (unpaired) electrons. The van der Waals surface area contributed by atoms with Gasteiger partial charge in [0.1, 0.15) is 17.4 Å². The molecule has 88 valence electrons. The Morgan fingerprint density at radius 2 is 2.24 bits per heavy atom. The summed E-state index contributed by atoms with van der Waals surface area (Å²) >= 11 is 0. The van der Waals surface area contributed by atoms with Crippen LogP contribution in [0.15, 0.2) is 18.2 Å². The van der Waals surface area contributed by atoms with Crippen LogP contribution in [0.3, 0.4) is 0 Å². The number of aromatic amines is 1. The third kappa shape index (κ3) is 2.29. The van der Waals surface area contributed by atoms with E-state index in [2.05, 4.69) is 16.0 Å². The zero-order valence-electron chi connectivity index (χ0n) is 10.2. The highest BCUT2D eigenvalue weighted by molar-refractivity contribution is 5.81. The van der Waals surface area contributed by atoms with Crippen LogP contribution >= 0.6 is 0 Å². The molecule has 0 saturated carbocycles. The lowest BCUT2D eigenvalue weighted by molar-refractivity contribution is 0.0218. The van der Waals surface area contributed by atoms with E-state index in [4.69, 9.17) is 10.00 Å². The van der Waals surface area contributed by atoms with Crippen LogP contribution in [0.5, 0.6) is 0 Å². The molecule has 1 heterocycles. The summed E-state index contributed by atoms with van der Waals surface area (Å²) in [6, 6.07) is 7.69. The molecule has 17 heavy (non-hydrogen) atoms. The van der Waals surface area contributed by atoms with Gasteiger partial charge in [0.15, 0.2) is 0 Å². The Kier molecular flexibility index (Phi) is 2.86. The van der Waals surface area contributed by atoms with Crippen LogP contribution in [0.1, 0.15) is 25.2 Å². The minimum atomic E-state index is -0.263. The van der Waals surface area contributed by atoms with E-state index >= 15 is 0 Å². The van der Waals surface area contributed by atoms with Crippen LogP contribution in [0.4, 0.5) is 0 Å². The summed E-state index contributed by atoms with van der Waals surface area (Å²) in [5, 5.41) is 9.00. The van der Waals surface area contributed by atoms with Gasteiger partial charge in [-0.1, -0.05) is 6.07 Å². The zero-order valence-corrected chi connectivity index (χ0v) is 10.2. The summed E-state index contributed by atoms with van der Waals surface area (Å²) in [7, 11) is 1.68. The molecule has 0 bridgehead atoms. The highest BCUT2D eigenvalue weighted by atomic mass is 16.5. The second kappa shape index (κ2) is 4.19. The van der Waals surface area contributed by atoms with Crippen molar-refractivity contribution in [2.75, 3.05) is 7.11 Å². The summed E-state index contributed by atoms with van der Waals surface area (Å²) in [6.07, 6.45) is 0.684. The van der Waals surface area contributed by atoms with Gasteiger partial charge in [0.2, 0.25) is 0 Å². The van der Waals surface area contributed by atoms with Crippen molar-refractivity contribution >= 4 is 11.0 Å². The number of ether oxygens (including phenoxy) is 1. The van der Waals surface area contributed by atoms with Crippen LogP contribution in [0.2, 0.25) is 0 Å². The first-order chi connectivity index (χ1) is 8.05. The van der Waals surface area contributed by atoms with Gasteiger partial charge < -0.3 is 9.72 Å². The third-order valence-corrected chi connectivity index (χ3v) is 2.83. The number of nitrogens with one attached hydrogen (secondary N) is 1. The largest absolute Gasteiger partial charge is 0.378 e. The number of imidazole rings is 1. The van der Waals surface area contributed by atoms with Crippen molar-refractivity contribution in [1.82, 2.24) is 9.97 Å². The Bertz CT molecular complexity index is 578. The summed E-state index contributed by atoms with van der Waals surface area (Å²) < 4.78 is 5.37. The monoisotopic (exact) mass is 229 g/mol. The summed E-state index contributed by atoms with van der Waals surface area (Å²) in [5.41, 5.74) is 1.96. The lowest BCUT2D eigenvalue weighted by Gasteiger charge is -2.21. The van der Waals surface area contributed by atoms with Crippen molar-refractivity contribution in [3.8, 4) is 6.07 Å². The number of H-pyrrole nitrogens is 1. The van der Waals surface area contributed by atoms with E-state index in [1.165, 1.54) is 0 Å². The molecule has 1 aromatic carbocycles. The maximum absolute atomic E-state index is 9.00. The third-order valence-electron chi connectivity index (χ3n) is 2.83. The average molecular weight is 229 g/mol. The van der Waals surface area contributed by atoms with Crippen molar-refractivity contribution in [3.05, 3.63) is 29.6 Å². The summed E-state index contributed by atoms with van der Waals surface area (Å²) in [5.74, 6) is 0.842. The Morgan fingerprint density at radius 3 is 2.88 bits per heavy atom. The van der Waals surface area contributed by atoms with Crippen molar-refractivity contribution in [2.45, 2.75) is 25.9 Å². The first-order valence-electron chi connectivity index (χ1n) is 5.48. The topological polar surface area (TPSA) is 61.7 Å². The first-order valence-corrected chi connectivity index (χ1v) is 5.48. The van der Waals surface area contributed by atoms with Gasteiger partial charge in [-0.15, -0.1) is 0 Å². The quantitative estimate of drug-likeness (QED) is 0.879. The normalized spacial score (nSPS) is 11.6. The van der Waals surface area contributed by atoms with Crippen LogP contribution in [-0.2, 0) is 11.2 Å². The first kappa shape index (κ1) is 11.6. The molecule has 0 unspecified atom stereocenters. The highest BCUT2D eigenvalue weighted by Gasteiger charge is 2.19. The second-order valence-corrected chi connectivity index (χ2v) is 4.64. The number of rotatable bonds is 3. The van der Waals surface area contributed by atoms with E-state index in [-0.39, 0.29) is 5.60 Å². The van der Waals surface area contributed by atoms with Crippen LogP contribution in [0.25, 0.3) is 11.0 Å². The average Bonchev–Trinajstić information content (AvgIpc) is 2.70. The fourth-order valence-electron chi connectivity index (χ4n) is 1.73. The Balaban J connectivity index is 2.42.